The molecule has 194 valence electrons. The lowest BCUT2D eigenvalue weighted by Crippen LogP contribution is -2.41. The first-order valence-electron chi connectivity index (χ1n) is 12.6. The molecule has 2 aliphatic heterocycles. The largest absolute Gasteiger partial charge is 0.497 e. The maximum atomic E-state index is 13.3. The summed E-state index contributed by atoms with van der Waals surface area (Å²) in [5, 5.41) is 2.92. The molecule has 4 rings (SSSR count). The molecule has 0 radical (unpaired) electrons. The molecule has 0 bridgehead atoms. The van der Waals surface area contributed by atoms with Gasteiger partial charge in [-0.15, -0.1) is 0 Å². The summed E-state index contributed by atoms with van der Waals surface area (Å²) in [5.74, 6) is 0.580. The van der Waals surface area contributed by atoms with Crippen molar-refractivity contribution >= 4 is 23.2 Å². The lowest BCUT2D eigenvalue weighted by atomic mass is 9.95. The van der Waals surface area contributed by atoms with Crippen LogP contribution in [0.1, 0.15) is 39.5 Å². The van der Waals surface area contributed by atoms with Gasteiger partial charge in [0.05, 0.1) is 20.8 Å². The summed E-state index contributed by atoms with van der Waals surface area (Å²) in [6.07, 6.45) is 3.89. The zero-order chi connectivity index (χ0) is 25.7. The summed E-state index contributed by atoms with van der Waals surface area (Å²) in [7, 11) is 3.20. The van der Waals surface area contributed by atoms with E-state index in [-0.39, 0.29) is 11.8 Å². The Labute approximate surface area is 213 Å². The number of methoxy groups -OCH3 is 2. The highest BCUT2D eigenvalue weighted by molar-refractivity contribution is 6.14. The average Bonchev–Trinajstić information content (AvgIpc) is 3.47. The van der Waals surface area contributed by atoms with Crippen molar-refractivity contribution < 1.29 is 23.8 Å². The number of ether oxygens (including phenoxy) is 3. The predicted octanol–water partition coefficient (Wildman–Crippen LogP) is 4.34. The van der Waals surface area contributed by atoms with Gasteiger partial charge in [-0.2, -0.15) is 0 Å². The molecule has 2 aromatic carbocycles. The minimum Gasteiger partial charge on any atom is -0.497 e. The van der Waals surface area contributed by atoms with Crippen LogP contribution in [0.25, 0.3) is 0 Å². The van der Waals surface area contributed by atoms with Crippen molar-refractivity contribution in [2.24, 2.45) is 5.92 Å². The number of hydrogen-bond donors (Lipinski definition) is 1. The first-order valence-corrected chi connectivity index (χ1v) is 12.6. The number of carbonyl (C=O) groups excluding carboxylic acids is 2. The van der Waals surface area contributed by atoms with Gasteiger partial charge < -0.3 is 29.3 Å². The van der Waals surface area contributed by atoms with Gasteiger partial charge in [-0.05, 0) is 89.0 Å². The fourth-order valence-electron chi connectivity index (χ4n) is 5.12. The molecule has 2 aliphatic rings. The maximum absolute atomic E-state index is 13.3. The van der Waals surface area contributed by atoms with Crippen molar-refractivity contribution in [3.05, 3.63) is 42.5 Å². The number of carbonyl (C=O) groups is 2. The van der Waals surface area contributed by atoms with Crippen LogP contribution < -0.4 is 24.4 Å². The Morgan fingerprint density at radius 2 is 1.75 bits per heavy atom. The van der Waals surface area contributed by atoms with Crippen LogP contribution in [0.2, 0.25) is 0 Å². The molecule has 8 nitrogen and oxygen atoms in total. The fraction of sp³-hybridized carbons (Fsp3) is 0.500. The number of nitrogens with zero attached hydrogens (tertiary/aromatic N) is 2. The van der Waals surface area contributed by atoms with Gasteiger partial charge in [0.2, 0.25) is 11.8 Å². The second kappa shape index (κ2) is 11.2. The van der Waals surface area contributed by atoms with Gasteiger partial charge in [0, 0.05) is 29.5 Å². The molecule has 2 amide bonds. The second-order valence-corrected chi connectivity index (χ2v) is 10.0. The van der Waals surface area contributed by atoms with E-state index in [4.69, 9.17) is 14.2 Å². The molecule has 1 unspecified atom stereocenters. The van der Waals surface area contributed by atoms with E-state index in [2.05, 4.69) is 10.2 Å². The molecule has 36 heavy (non-hydrogen) atoms. The third-order valence-corrected chi connectivity index (χ3v) is 6.98. The van der Waals surface area contributed by atoms with E-state index in [1.807, 2.05) is 38.1 Å². The highest BCUT2D eigenvalue weighted by Crippen LogP contribution is 2.39. The van der Waals surface area contributed by atoms with Crippen LogP contribution in [0.5, 0.6) is 17.2 Å². The van der Waals surface area contributed by atoms with Crippen molar-refractivity contribution in [2.45, 2.75) is 45.1 Å². The van der Waals surface area contributed by atoms with Crippen LogP contribution >= 0.6 is 0 Å². The van der Waals surface area contributed by atoms with Crippen LogP contribution in [-0.4, -0.2) is 62.7 Å². The molecule has 0 aliphatic carbocycles. The van der Waals surface area contributed by atoms with Crippen LogP contribution in [0.4, 0.5) is 11.4 Å². The molecule has 0 spiro atoms. The Morgan fingerprint density at radius 1 is 1.03 bits per heavy atom. The van der Waals surface area contributed by atoms with Gasteiger partial charge in [0.15, 0.2) is 11.5 Å². The molecule has 8 heteroatoms. The quantitative estimate of drug-likeness (QED) is 0.390. The van der Waals surface area contributed by atoms with Crippen molar-refractivity contribution in [3.8, 4) is 17.2 Å². The summed E-state index contributed by atoms with van der Waals surface area (Å²) in [6.45, 7) is 7.86. The van der Waals surface area contributed by atoms with E-state index < -0.39 is 11.5 Å². The number of likely N-dealkylation sites (tertiary alicyclic amines) is 1. The van der Waals surface area contributed by atoms with Crippen LogP contribution in [0, 0.1) is 5.92 Å². The molecule has 2 aromatic rings. The molecular formula is C28H37N3O5. The van der Waals surface area contributed by atoms with Gasteiger partial charge in [-0.25, -0.2) is 0 Å². The van der Waals surface area contributed by atoms with E-state index in [0.717, 1.165) is 31.7 Å². The monoisotopic (exact) mass is 495 g/mol. The highest BCUT2D eigenvalue weighted by Gasteiger charge is 2.48. The minimum absolute atomic E-state index is 0.213. The lowest BCUT2D eigenvalue weighted by Gasteiger charge is -2.31. The molecule has 0 saturated carbocycles. The number of amides is 2. The summed E-state index contributed by atoms with van der Waals surface area (Å²) in [6, 6.07) is 12.6. The molecule has 1 atom stereocenters. The Balaban J connectivity index is 1.40. The number of nitrogens with one attached hydrogen (secondary N) is 1. The fourth-order valence-corrected chi connectivity index (χ4v) is 5.12. The van der Waals surface area contributed by atoms with Crippen LogP contribution in [0.3, 0.4) is 0 Å². The SMILES string of the molecule is COc1ccc(N2C(=O)C(C(=O)Nc3ccc(OC)c(OCCCN4CCCC4)c3)CC2(C)C)cc1. The van der Waals surface area contributed by atoms with Crippen molar-refractivity contribution in [1.82, 2.24) is 4.90 Å². The third kappa shape index (κ3) is 5.75. The zero-order valence-corrected chi connectivity index (χ0v) is 21.7. The molecule has 2 fully saturated rings. The summed E-state index contributed by atoms with van der Waals surface area (Å²) in [5.41, 5.74) is 0.816. The summed E-state index contributed by atoms with van der Waals surface area (Å²) in [4.78, 5) is 30.7. The number of benzene rings is 2. The van der Waals surface area contributed by atoms with E-state index in [1.54, 1.807) is 37.3 Å². The molecule has 2 saturated heterocycles. The molecule has 2 heterocycles. The Bertz CT molecular complexity index is 1060. The van der Waals surface area contributed by atoms with Gasteiger partial charge in [0.1, 0.15) is 11.7 Å². The Kier molecular flexibility index (Phi) is 8.04. The Hall–Kier alpha value is -3.26. The van der Waals surface area contributed by atoms with E-state index >= 15 is 0 Å². The van der Waals surface area contributed by atoms with Crippen molar-refractivity contribution in [1.29, 1.82) is 0 Å². The summed E-state index contributed by atoms with van der Waals surface area (Å²) < 4.78 is 16.7. The molecule has 1 N–H and O–H groups in total. The number of hydrogen-bond acceptors (Lipinski definition) is 6. The lowest BCUT2D eigenvalue weighted by molar-refractivity contribution is -0.129. The van der Waals surface area contributed by atoms with Gasteiger partial charge in [0.25, 0.3) is 0 Å². The van der Waals surface area contributed by atoms with Gasteiger partial charge in [-0.3, -0.25) is 9.59 Å². The first kappa shape index (κ1) is 25.8. The van der Waals surface area contributed by atoms with E-state index in [9.17, 15) is 9.59 Å². The topological polar surface area (TPSA) is 80.3 Å². The number of rotatable bonds is 10. The minimum atomic E-state index is -0.783. The normalized spacial score (nSPS) is 19.4. The van der Waals surface area contributed by atoms with E-state index in [1.165, 1.54) is 12.8 Å². The third-order valence-electron chi connectivity index (χ3n) is 6.98. The summed E-state index contributed by atoms with van der Waals surface area (Å²) >= 11 is 0. The average molecular weight is 496 g/mol. The standard InChI is InChI=1S/C28H37N3O5/c1-28(2)19-23(27(33)31(28)21-9-11-22(34-3)12-10-21)26(32)29-20-8-13-24(35-4)25(18-20)36-17-7-16-30-14-5-6-15-30/h8-13,18,23H,5-7,14-17,19H2,1-4H3,(H,29,32). The zero-order valence-electron chi connectivity index (χ0n) is 21.7. The van der Waals surface area contributed by atoms with Crippen molar-refractivity contribution in [2.75, 3.05) is 50.7 Å². The van der Waals surface area contributed by atoms with Crippen molar-refractivity contribution in [3.63, 3.8) is 0 Å². The maximum Gasteiger partial charge on any atom is 0.240 e. The molecule has 0 aromatic heterocycles. The number of anilines is 2. The van der Waals surface area contributed by atoms with Crippen LogP contribution in [0.15, 0.2) is 42.5 Å². The van der Waals surface area contributed by atoms with Crippen LogP contribution in [-0.2, 0) is 9.59 Å². The van der Waals surface area contributed by atoms with E-state index in [0.29, 0.717) is 36.0 Å². The first-order chi connectivity index (χ1) is 17.3. The molecular weight excluding hydrogens is 458 g/mol. The predicted molar refractivity (Wildman–Crippen MR) is 140 cm³/mol. The van der Waals surface area contributed by atoms with Gasteiger partial charge >= 0.3 is 0 Å². The highest BCUT2D eigenvalue weighted by atomic mass is 16.5. The Morgan fingerprint density at radius 3 is 2.42 bits per heavy atom. The van der Waals surface area contributed by atoms with Gasteiger partial charge in [-0.1, -0.05) is 0 Å². The smallest absolute Gasteiger partial charge is 0.240 e. The second-order valence-electron chi connectivity index (χ2n) is 10.0.